The predicted octanol–water partition coefficient (Wildman–Crippen LogP) is 5.05. The van der Waals surface area contributed by atoms with Gasteiger partial charge in [0.05, 0.1) is 42.8 Å². The number of carbonyl (C=O) groups excluding carboxylic acids is 1. The fraction of sp³-hybridized carbons (Fsp3) is 0.581. The van der Waals surface area contributed by atoms with Crippen LogP contribution in [0.2, 0.25) is 0 Å². The fourth-order valence-corrected chi connectivity index (χ4v) is 11.0. The number of thiazole rings is 1. The van der Waals surface area contributed by atoms with Gasteiger partial charge in [0.1, 0.15) is 15.9 Å². The van der Waals surface area contributed by atoms with Gasteiger partial charge >= 0.3 is 0 Å². The van der Waals surface area contributed by atoms with E-state index in [0.717, 1.165) is 46.1 Å². The second-order valence-corrected chi connectivity index (χ2v) is 15.1. The number of aryl methyl sites for hydroxylation is 1. The van der Waals surface area contributed by atoms with Gasteiger partial charge in [0, 0.05) is 11.6 Å². The van der Waals surface area contributed by atoms with Crippen molar-refractivity contribution in [3.05, 3.63) is 41.4 Å². The number of carbonyl (C=O) groups is 1. The van der Waals surface area contributed by atoms with Crippen molar-refractivity contribution in [2.45, 2.75) is 81.4 Å². The van der Waals surface area contributed by atoms with E-state index in [2.05, 4.69) is 41.1 Å². The van der Waals surface area contributed by atoms with Crippen molar-refractivity contribution in [3.63, 3.8) is 0 Å². The van der Waals surface area contributed by atoms with Gasteiger partial charge in [-0.15, -0.1) is 0 Å². The highest BCUT2D eigenvalue weighted by Crippen LogP contribution is 2.67. The number of hydrogen-bond acceptors (Lipinski definition) is 9. The van der Waals surface area contributed by atoms with Crippen LogP contribution in [0.3, 0.4) is 0 Å². The molecule has 0 saturated heterocycles. The number of rotatable bonds is 6. The summed E-state index contributed by atoms with van der Waals surface area (Å²) >= 11 is 2.85. The van der Waals surface area contributed by atoms with Crippen LogP contribution in [0.25, 0.3) is 16.4 Å². The van der Waals surface area contributed by atoms with Gasteiger partial charge in [0.25, 0.3) is 0 Å². The molecule has 4 aliphatic carbocycles. The molecule has 3 fully saturated rings. The number of nitrogens with zero attached hydrogens (tertiary/aromatic N) is 5. The number of aliphatic hydroxyl groups is 2. The number of fused-ring (bicyclic) bond motifs is 7. The molecule has 7 rings (SSSR count). The molecule has 0 bridgehead atoms. The van der Waals surface area contributed by atoms with Gasteiger partial charge in [0.2, 0.25) is 0 Å². The van der Waals surface area contributed by atoms with Crippen molar-refractivity contribution in [1.82, 2.24) is 19.7 Å². The van der Waals surface area contributed by atoms with Gasteiger partial charge in [-0.1, -0.05) is 42.5 Å². The van der Waals surface area contributed by atoms with E-state index in [1.165, 1.54) is 34.2 Å². The zero-order chi connectivity index (χ0) is 28.6. The summed E-state index contributed by atoms with van der Waals surface area (Å²) in [5.74, 6) is 0.496. The largest absolute Gasteiger partial charge is 0.393 e. The van der Waals surface area contributed by atoms with E-state index in [4.69, 9.17) is 5.26 Å². The van der Waals surface area contributed by atoms with Crippen LogP contribution in [-0.2, 0) is 17.8 Å². The Labute approximate surface area is 247 Å². The van der Waals surface area contributed by atoms with Crippen LogP contribution in [0.15, 0.2) is 34.4 Å². The Morgan fingerprint density at radius 2 is 2.20 bits per heavy atom. The van der Waals surface area contributed by atoms with Gasteiger partial charge in [-0.05, 0) is 85.5 Å². The molecule has 4 aliphatic rings. The molecule has 3 heterocycles. The van der Waals surface area contributed by atoms with E-state index in [0.29, 0.717) is 25.8 Å². The number of aliphatic hydroxyl groups excluding tert-OH is 1. The molecule has 0 aliphatic heterocycles. The van der Waals surface area contributed by atoms with Crippen LogP contribution in [0.4, 0.5) is 0 Å². The van der Waals surface area contributed by atoms with Crippen LogP contribution >= 0.6 is 23.1 Å². The van der Waals surface area contributed by atoms with Crippen LogP contribution < -0.4 is 0 Å². The van der Waals surface area contributed by atoms with E-state index < -0.39 is 17.1 Å². The molecule has 0 radical (unpaired) electrons. The van der Waals surface area contributed by atoms with Crippen molar-refractivity contribution in [2.75, 3.05) is 5.75 Å². The maximum absolute atomic E-state index is 13.8. The minimum Gasteiger partial charge on any atom is -0.393 e. The molecule has 10 heteroatoms. The van der Waals surface area contributed by atoms with Crippen molar-refractivity contribution in [2.24, 2.45) is 28.6 Å². The molecular weight excluding hydrogens is 555 g/mol. The summed E-state index contributed by atoms with van der Waals surface area (Å²) in [5, 5.41) is 37.6. The fourth-order valence-electron chi connectivity index (χ4n) is 9.10. The Morgan fingerprint density at radius 3 is 3.00 bits per heavy atom. The quantitative estimate of drug-likeness (QED) is 0.383. The molecule has 0 spiro atoms. The number of allylic oxidation sites excluding steroid dienone is 1. The number of nitriles is 1. The number of pyridine rings is 1. The third-order valence-electron chi connectivity index (χ3n) is 11.0. The molecular formula is C31H35N5O3S2. The average molecular weight is 590 g/mol. The highest BCUT2D eigenvalue weighted by Gasteiger charge is 2.68. The van der Waals surface area contributed by atoms with Crippen molar-refractivity contribution >= 4 is 45.3 Å². The Hall–Kier alpha value is -2.58. The van der Waals surface area contributed by atoms with Crippen LogP contribution in [0, 0.1) is 39.9 Å². The Morgan fingerprint density at radius 1 is 1.34 bits per heavy atom. The SMILES string of the molecule is CC12Cc3cnn(CCC#N)c3C=C1CCC1C2[C@@H](O)CC2(C)C1CC[C@]2(O)C(=O)CSc1nc2cccnc2s1. The summed E-state index contributed by atoms with van der Waals surface area (Å²) < 4.78 is 2.73. The summed E-state index contributed by atoms with van der Waals surface area (Å²) in [5.41, 5.74) is 2.15. The number of thioether (sulfide) groups is 1. The van der Waals surface area contributed by atoms with E-state index >= 15 is 0 Å². The average Bonchev–Trinajstić information content (AvgIpc) is 3.62. The maximum Gasteiger partial charge on any atom is 0.175 e. The Bertz CT molecular complexity index is 1580. The van der Waals surface area contributed by atoms with Crippen LogP contribution in [0.1, 0.15) is 63.6 Å². The van der Waals surface area contributed by atoms with E-state index in [9.17, 15) is 15.0 Å². The van der Waals surface area contributed by atoms with Gasteiger partial charge in [-0.2, -0.15) is 10.4 Å². The van der Waals surface area contributed by atoms with Gasteiger partial charge in [-0.25, -0.2) is 9.97 Å². The van der Waals surface area contributed by atoms with Crippen molar-refractivity contribution in [3.8, 4) is 6.07 Å². The maximum atomic E-state index is 13.8. The van der Waals surface area contributed by atoms with E-state index in [1.807, 2.05) is 23.0 Å². The third kappa shape index (κ3) is 3.99. The highest BCUT2D eigenvalue weighted by atomic mass is 32.2. The molecule has 5 unspecified atom stereocenters. The first-order chi connectivity index (χ1) is 19.7. The number of aromatic nitrogens is 4. The van der Waals surface area contributed by atoms with Gasteiger partial charge in [-0.3, -0.25) is 9.48 Å². The van der Waals surface area contributed by atoms with Crippen molar-refractivity contribution in [1.29, 1.82) is 5.26 Å². The number of hydrogen-bond donors (Lipinski definition) is 2. The first kappa shape index (κ1) is 27.3. The normalized spacial score (nSPS) is 35.6. The molecule has 3 aromatic rings. The van der Waals surface area contributed by atoms with E-state index in [1.54, 1.807) is 6.20 Å². The van der Waals surface area contributed by atoms with Crippen LogP contribution in [-0.4, -0.2) is 53.2 Å². The Kier molecular flexibility index (Phi) is 6.47. The van der Waals surface area contributed by atoms with Gasteiger partial charge < -0.3 is 10.2 Å². The molecule has 8 nitrogen and oxygen atoms in total. The summed E-state index contributed by atoms with van der Waals surface area (Å²) in [6, 6.07) is 5.98. The lowest BCUT2D eigenvalue weighted by Gasteiger charge is -2.60. The smallest absolute Gasteiger partial charge is 0.175 e. The summed E-state index contributed by atoms with van der Waals surface area (Å²) in [4.78, 5) is 23.6. The molecule has 0 amide bonds. The second kappa shape index (κ2) is 9.73. The lowest BCUT2D eigenvalue weighted by atomic mass is 9.45. The second-order valence-electron chi connectivity index (χ2n) is 12.9. The highest BCUT2D eigenvalue weighted by molar-refractivity contribution is 8.01. The van der Waals surface area contributed by atoms with Gasteiger partial charge in [0.15, 0.2) is 10.1 Å². The standard InChI is InChI=1S/C31H35N5O3S2/c1-29-14-18-16-34-36(12-4-10-32)23(18)13-19(29)6-7-20-21-8-9-31(39,30(21,2)15-24(37)26(20)29)25(38)17-40-28-35-22-5-3-11-33-27(22)41-28/h3,5,11,13,16,20-21,24,26,37,39H,4,6-9,12,14-15,17H2,1-2H3/t20?,21?,24-,26?,29?,30?,31-/m0/s1. The lowest BCUT2D eigenvalue weighted by Crippen LogP contribution is -2.62. The summed E-state index contributed by atoms with van der Waals surface area (Å²) in [7, 11) is 0. The Balaban J connectivity index is 1.13. The van der Waals surface area contributed by atoms with Crippen LogP contribution in [0.5, 0.6) is 0 Å². The monoisotopic (exact) mass is 589 g/mol. The first-order valence-electron chi connectivity index (χ1n) is 14.6. The zero-order valence-electron chi connectivity index (χ0n) is 23.4. The molecule has 2 N–H and O–H groups in total. The topological polar surface area (TPSA) is 125 Å². The predicted molar refractivity (Wildman–Crippen MR) is 158 cm³/mol. The molecule has 3 aromatic heterocycles. The zero-order valence-corrected chi connectivity index (χ0v) is 25.0. The van der Waals surface area contributed by atoms with Crippen molar-refractivity contribution < 1.29 is 15.0 Å². The minimum atomic E-state index is -1.45. The first-order valence-corrected chi connectivity index (χ1v) is 16.4. The summed E-state index contributed by atoms with van der Waals surface area (Å²) in [6.07, 6.45) is 10.1. The molecule has 214 valence electrons. The molecule has 41 heavy (non-hydrogen) atoms. The number of ketones is 1. The number of Topliss-reactive ketones (excluding diaryl/α,β-unsaturated/α-hetero) is 1. The minimum absolute atomic E-state index is 0.0678. The lowest BCUT2D eigenvalue weighted by molar-refractivity contribution is -0.177. The molecule has 7 atom stereocenters. The molecule has 3 saturated carbocycles. The molecule has 0 aromatic carbocycles. The van der Waals surface area contributed by atoms with E-state index in [-0.39, 0.29) is 34.7 Å². The summed E-state index contributed by atoms with van der Waals surface area (Å²) in [6.45, 7) is 4.94. The third-order valence-corrected chi connectivity index (χ3v) is 13.1.